The monoisotopic (exact) mass is 257 g/mol. The van der Waals surface area contributed by atoms with Gasteiger partial charge in [0.1, 0.15) is 0 Å². The van der Waals surface area contributed by atoms with E-state index in [1.54, 1.807) is 12.4 Å². The van der Waals surface area contributed by atoms with Crippen molar-refractivity contribution in [1.29, 1.82) is 0 Å². The molecule has 1 aliphatic rings. The number of aromatic nitrogens is 1. The molecule has 0 amide bonds. The number of Topliss-reactive ketones (excluding diaryl/α,β-unsaturated/α-hetero) is 1. The molecule has 0 bridgehead atoms. The van der Waals surface area contributed by atoms with Crippen LogP contribution in [0.4, 0.5) is 0 Å². The maximum absolute atomic E-state index is 12.4. The molecule has 98 valence electrons. The predicted molar refractivity (Wildman–Crippen MR) is 72.2 cm³/mol. The van der Waals surface area contributed by atoms with Crippen LogP contribution < -0.4 is 0 Å². The molecule has 1 aromatic rings. The molecule has 1 aromatic heterocycles. The van der Waals surface area contributed by atoms with E-state index in [4.69, 9.17) is 0 Å². The standard InChI is InChI=1S/C15H17N2O2/c1-17(2,3)14-9-13(18)8-12(15(14)19)7-11-5-4-6-16-10-11/h4-6,8-10H,7H2,1-3H3/q+1. The SMILES string of the molecule is C[N+](C)(C)C1=CC(=O)C=C(Cc2cccnc2)C1=O. The Hall–Kier alpha value is -2.07. The van der Waals surface area contributed by atoms with Gasteiger partial charge in [0.2, 0.25) is 5.78 Å². The van der Waals surface area contributed by atoms with Gasteiger partial charge in [0.25, 0.3) is 0 Å². The number of likely N-dealkylation sites (N-methyl/N-ethyl adjacent to an activating group) is 1. The van der Waals surface area contributed by atoms with Crippen molar-refractivity contribution in [1.82, 2.24) is 4.98 Å². The summed E-state index contributed by atoms with van der Waals surface area (Å²) in [6.07, 6.45) is 6.69. The number of hydrogen-bond acceptors (Lipinski definition) is 3. The summed E-state index contributed by atoms with van der Waals surface area (Å²) in [4.78, 5) is 28.2. The van der Waals surface area contributed by atoms with E-state index >= 15 is 0 Å². The Balaban J connectivity index is 2.28. The molecule has 0 aromatic carbocycles. The second-order valence-corrected chi connectivity index (χ2v) is 5.48. The molecule has 2 rings (SSSR count). The summed E-state index contributed by atoms with van der Waals surface area (Å²) in [6.45, 7) is 0. The zero-order chi connectivity index (χ0) is 14.0. The number of quaternary nitrogens is 1. The van der Waals surface area contributed by atoms with Crippen LogP contribution in [0.3, 0.4) is 0 Å². The quantitative estimate of drug-likeness (QED) is 0.605. The van der Waals surface area contributed by atoms with Gasteiger partial charge in [-0.25, -0.2) is 0 Å². The summed E-state index contributed by atoms with van der Waals surface area (Å²) in [5.74, 6) is -0.183. The molecule has 0 N–H and O–H groups in total. The van der Waals surface area contributed by atoms with Crippen molar-refractivity contribution in [2.24, 2.45) is 0 Å². The minimum absolute atomic E-state index is 0.0593. The first kappa shape index (κ1) is 13.4. The van der Waals surface area contributed by atoms with E-state index in [0.29, 0.717) is 22.2 Å². The van der Waals surface area contributed by atoms with Gasteiger partial charge in [-0.3, -0.25) is 19.1 Å². The highest BCUT2D eigenvalue weighted by Gasteiger charge is 2.31. The smallest absolute Gasteiger partial charge is 0.242 e. The third-order valence-corrected chi connectivity index (χ3v) is 2.96. The summed E-state index contributed by atoms with van der Waals surface area (Å²) >= 11 is 0. The van der Waals surface area contributed by atoms with Crippen molar-refractivity contribution in [2.45, 2.75) is 6.42 Å². The molecule has 0 saturated carbocycles. The lowest BCUT2D eigenvalue weighted by molar-refractivity contribution is -0.826. The van der Waals surface area contributed by atoms with Crippen molar-refractivity contribution >= 4 is 11.6 Å². The number of allylic oxidation sites excluding steroid dienone is 3. The first-order valence-electron chi connectivity index (χ1n) is 6.10. The number of pyridine rings is 1. The predicted octanol–water partition coefficient (Wildman–Crippen LogP) is 1.29. The van der Waals surface area contributed by atoms with E-state index in [1.165, 1.54) is 12.2 Å². The fourth-order valence-corrected chi connectivity index (χ4v) is 2.00. The molecule has 4 nitrogen and oxygen atoms in total. The van der Waals surface area contributed by atoms with E-state index in [2.05, 4.69) is 4.98 Å². The highest BCUT2D eigenvalue weighted by Crippen LogP contribution is 2.21. The second-order valence-electron chi connectivity index (χ2n) is 5.48. The van der Waals surface area contributed by atoms with Crippen LogP contribution in [0.5, 0.6) is 0 Å². The lowest BCUT2D eigenvalue weighted by Crippen LogP contribution is -2.39. The Morgan fingerprint density at radius 1 is 1.16 bits per heavy atom. The first-order valence-corrected chi connectivity index (χ1v) is 6.10. The van der Waals surface area contributed by atoms with Crippen LogP contribution in [0.15, 0.2) is 47.9 Å². The van der Waals surface area contributed by atoms with Crippen molar-refractivity contribution in [3.05, 3.63) is 53.5 Å². The molecule has 0 saturated heterocycles. The number of ketones is 2. The van der Waals surface area contributed by atoms with E-state index in [0.717, 1.165) is 5.56 Å². The van der Waals surface area contributed by atoms with Gasteiger partial charge in [0.15, 0.2) is 11.5 Å². The summed E-state index contributed by atoms with van der Waals surface area (Å²) in [5.41, 5.74) is 1.98. The van der Waals surface area contributed by atoms with Gasteiger partial charge in [-0.15, -0.1) is 0 Å². The topological polar surface area (TPSA) is 47.0 Å². The van der Waals surface area contributed by atoms with Gasteiger partial charge in [-0.2, -0.15) is 0 Å². The Morgan fingerprint density at radius 2 is 1.89 bits per heavy atom. The van der Waals surface area contributed by atoms with Gasteiger partial charge in [-0.05, 0) is 17.7 Å². The van der Waals surface area contributed by atoms with Crippen LogP contribution in [0, 0.1) is 0 Å². The summed E-state index contributed by atoms with van der Waals surface area (Å²) in [6, 6.07) is 3.72. The Labute approximate surface area is 112 Å². The van der Waals surface area contributed by atoms with Crippen molar-refractivity contribution in [2.75, 3.05) is 21.1 Å². The van der Waals surface area contributed by atoms with Gasteiger partial charge in [0, 0.05) is 24.4 Å². The van der Waals surface area contributed by atoms with Gasteiger partial charge < -0.3 is 0 Å². The molecular weight excluding hydrogens is 240 g/mol. The van der Waals surface area contributed by atoms with Gasteiger partial charge in [0.05, 0.1) is 27.2 Å². The highest BCUT2D eigenvalue weighted by atomic mass is 16.1. The molecule has 1 aliphatic carbocycles. The van der Waals surface area contributed by atoms with Crippen LogP contribution in [0.25, 0.3) is 0 Å². The van der Waals surface area contributed by atoms with Crippen LogP contribution in [0.1, 0.15) is 5.56 Å². The van der Waals surface area contributed by atoms with Crippen molar-refractivity contribution in [3.63, 3.8) is 0 Å². The number of carbonyl (C=O) groups excluding carboxylic acids is 2. The molecule has 0 atom stereocenters. The number of rotatable bonds is 3. The highest BCUT2D eigenvalue weighted by molar-refractivity contribution is 6.19. The third-order valence-electron chi connectivity index (χ3n) is 2.96. The maximum atomic E-state index is 12.4. The molecule has 0 radical (unpaired) electrons. The molecule has 0 unspecified atom stereocenters. The Kier molecular flexibility index (Phi) is 3.44. The van der Waals surface area contributed by atoms with E-state index in [-0.39, 0.29) is 11.6 Å². The van der Waals surface area contributed by atoms with Crippen molar-refractivity contribution < 1.29 is 14.1 Å². The average molecular weight is 257 g/mol. The van der Waals surface area contributed by atoms with Crippen molar-refractivity contribution in [3.8, 4) is 0 Å². The fraction of sp³-hybridized carbons (Fsp3) is 0.267. The van der Waals surface area contributed by atoms with Crippen LogP contribution in [0.2, 0.25) is 0 Å². The van der Waals surface area contributed by atoms with E-state index in [1.807, 2.05) is 33.3 Å². The zero-order valence-corrected chi connectivity index (χ0v) is 11.4. The minimum Gasteiger partial charge on any atom is -0.295 e. The first-order chi connectivity index (χ1) is 8.88. The maximum Gasteiger partial charge on any atom is 0.242 e. The lowest BCUT2D eigenvalue weighted by atomic mass is 9.94. The Bertz CT molecular complexity index is 578. The number of nitrogens with zero attached hydrogens (tertiary/aromatic N) is 2. The normalized spacial score (nSPS) is 16.2. The van der Waals surface area contributed by atoms with Gasteiger partial charge >= 0.3 is 0 Å². The van der Waals surface area contributed by atoms with E-state index < -0.39 is 0 Å². The fourth-order valence-electron chi connectivity index (χ4n) is 2.00. The largest absolute Gasteiger partial charge is 0.295 e. The molecule has 4 heteroatoms. The zero-order valence-electron chi connectivity index (χ0n) is 11.4. The van der Waals surface area contributed by atoms with E-state index in [9.17, 15) is 9.59 Å². The molecule has 0 aliphatic heterocycles. The number of hydrogen-bond donors (Lipinski definition) is 0. The summed E-state index contributed by atoms with van der Waals surface area (Å²) in [7, 11) is 5.64. The molecule has 0 spiro atoms. The minimum atomic E-state index is -0.124. The Morgan fingerprint density at radius 3 is 2.47 bits per heavy atom. The molecule has 0 fully saturated rings. The summed E-state index contributed by atoms with van der Waals surface area (Å²) in [5, 5.41) is 0. The summed E-state index contributed by atoms with van der Waals surface area (Å²) < 4.78 is 0.342. The van der Waals surface area contributed by atoms with Crippen LogP contribution >= 0.6 is 0 Å². The third kappa shape index (κ3) is 3.03. The lowest BCUT2D eigenvalue weighted by Gasteiger charge is -2.27. The average Bonchev–Trinajstić information content (AvgIpc) is 2.33. The second kappa shape index (κ2) is 4.90. The van der Waals surface area contributed by atoms with Crippen LogP contribution in [-0.4, -0.2) is 42.2 Å². The molecular formula is C15H17N2O2+. The molecule has 1 heterocycles. The molecule has 19 heavy (non-hydrogen) atoms. The van der Waals surface area contributed by atoms with Crippen LogP contribution in [-0.2, 0) is 16.0 Å². The van der Waals surface area contributed by atoms with Gasteiger partial charge in [-0.1, -0.05) is 6.07 Å². The number of carbonyl (C=O) groups is 2.